The first-order chi connectivity index (χ1) is 13.3. The molecule has 0 radical (unpaired) electrons. The van der Waals surface area contributed by atoms with Gasteiger partial charge in [-0.2, -0.15) is 5.10 Å². The lowest BCUT2D eigenvalue weighted by Gasteiger charge is -2.38. The molecule has 4 aromatic heterocycles. The average molecular weight is 362 g/mol. The minimum absolute atomic E-state index is 0.0952. The molecule has 1 fully saturated rings. The van der Waals surface area contributed by atoms with Gasteiger partial charge in [0.25, 0.3) is 0 Å². The molecule has 2 N–H and O–H groups in total. The Hall–Kier alpha value is -3.89. The third kappa shape index (κ3) is 2.74. The molecule has 0 unspecified atom stereocenters. The Morgan fingerprint density at radius 3 is 2.81 bits per heavy atom. The summed E-state index contributed by atoms with van der Waals surface area (Å²) in [5.74, 6) is 1.63. The fourth-order valence-electron chi connectivity index (χ4n) is 2.95. The van der Waals surface area contributed by atoms with E-state index in [1.807, 2.05) is 23.2 Å². The largest absolute Gasteiger partial charge is 0.355 e. The van der Waals surface area contributed by atoms with Gasteiger partial charge in [0, 0.05) is 31.5 Å². The quantitative estimate of drug-likeness (QED) is 0.533. The molecule has 0 aromatic carbocycles. The van der Waals surface area contributed by atoms with Crippen LogP contribution in [0.2, 0.25) is 0 Å². The maximum Gasteiger partial charge on any atom is 0.232 e. The number of aromatic amines is 1. The standard InChI is InChI=1S/C16H14N10O/c27-16(24-15-13-14(20-8-19-13)21-9-22-15)10-5-25(6-10)11-4-12(18-7-17-11)26-3-1-2-23-26/h1-4,7-10H,5-6H2,(H2,19,20,21,22,24,27). The molecule has 0 saturated carbocycles. The summed E-state index contributed by atoms with van der Waals surface area (Å²) in [6.45, 7) is 1.14. The Labute approximate surface area is 152 Å². The van der Waals surface area contributed by atoms with E-state index >= 15 is 0 Å². The minimum Gasteiger partial charge on any atom is -0.355 e. The molecule has 134 valence electrons. The van der Waals surface area contributed by atoms with Gasteiger partial charge in [0.05, 0.1) is 12.2 Å². The number of hydrogen-bond donors (Lipinski definition) is 2. The molecule has 1 amide bonds. The van der Waals surface area contributed by atoms with Gasteiger partial charge in [0.1, 0.15) is 24.0 Å². The Morgan fingerprint density at radius 2 is 1.96 bits per heavy atom. The highest BCUT2D eigenvalue weighted by Gasteiger charge is 2.34. The molecule has 1 aliphatic heterocycles. The first kappa shape index (κ1) is 15.4. The van der Waals surface area contributed by atoms with Crippen molar-refractivity contribution in [2.24, 2.45) is 5.92 Å². The van der Waals surface area contributed by atoms with Gasteiger partial charge in [0.2, 0.25) is 5.91 Å². The fourth-order valence-corrected chi connectivity index (χ4v) is 2.95. The van der Waals surface area contributed by atoms with E-state index in [0.29, 0.717) is 35.9 Å². The second kappa shape index (κ2) is 6.12. The minimum atomic E-state index is -0.152. The number of rotatable bonds is 4. The van der Waals surface area contributed by atoms with E-state index in [1.54, 1.807) is 10.9 Å². The topological polar surface area (TPSA) is 130 Å². The van der Waals surface area contributed by atoms with Crippen LogP contribution in [0.4, 0.5) is 11.6 Å². The van der Waals surface area contributed by atoms with Gasteiger partial charge in [-0.25, -0.2) is 29.6 Å². The highest BCUT2D eigenvalue weighted by molar-refractivity contribution is 5.98. The van der Waals surface area contributed by atoms with Crippen molar-refractivity contribution < 1.29 is 4.79 Å². The van der Waals surface area contributed by atoms with E-state index in [2.05, 4.69) is 40.3 Å². The molecule has 11 heteroatoms. The van der Waals surface area contributed by atoms with Crippen LogP contribution in [0.15, 0.2) is 43.5 Å². The van der Waals surface area contributed by atoms with Crippen LogP contribution in [0.1, 0.15) is 0 Å². The lowest BCUT2D eigenvalue weighted by molar-refractivity contribution is -0.120. The second-order valence-corrected chi connectivity index (χ2v) is 6.10. The van der Waals surface area contributed by atoms with Crippen LogP contribution >= 0.6 is 0 Å². The number of amides is 1. The predicted octanol–water partition coefficient (Wildman–Crippen LogP) is 0.403. The van der Waals surface area contributed by atoms with Gasteiger partial charge in [-0.1, -0.05) is 0 Å². The molecule has 0 bridgehead atoms. The third-order valence-electron chi connectivity index (χ3n) is 4.42. The highest BCUT2D eigenvalue weighted by atomic mass is 16.2. The second-order valence-electron chi connectivity index (χ2n) is 6.10. The molecule has 1 aliphatic rings. The summed E-state index contributed by atoms with van der Waals surface area (Å²) in [7, 11) is 0. The van der Waals surface area contributed by atoms with Crippen molar-refractivity contribution in [3.05, 3.63) is 43.5 Å². The molecule has 11 nitrogen and oxygen atoms in total. The summed E-state index contributed by atoms with van der Waals surface area (Å²) in [6.07, 6.45) is 7.90. The Morgan fingerprint density at radius 1 is 1.11 bits per heavy atom. The first-order valence-electron chi connectivity index (χ1n) is 8.30. The fraction of sp³-hybridized carbons (Fsp3) is 0.188. The number of fused-ring (bicyclic) bond motifs is 1. The van der Waals surface area contributed by atoms with Crippen molar-refractivity contribution in [3.8, 4) is 5.82 Å². The van der Waals surface area contributed by atoms with E-state index in [0.717, 1.165) is 5.82 Å². The Balaban J connectivity index is 1.26. The van der Waals surface area contributed by atoms with E-state index in [1.165, 1.54) is 19.0 Å². The summed E-state index contributed by atoms with van der Waals surface area (Å²) >= 11 is 0. The van der Waals surface area contributed by atoms with Crippen molar-refractivity contribution in [2.75, 3.05) is 23.3 Å². The number of carbonyl (C=O) groups excluding carboxylic acids is 1. The molecule has 0 aliphatic carbocycles. The van der Waals surface area contributed by atoms with Crippen molar-refractivity contribution >= 4 is 28.7 Å². The Bertz CT molecular complexity index is 1100. The smallest absolute Gasteiger partial charge is 0.232 e. The molecule has 0 spiro atoms. The molecule has 5 heterocycles. The summed E-state index contributed by atoms with van der Waals surface area (Å²) in [6, 6.07) is 3.68. The summed E-state index contributed by atoms with van der Waals surface area (Å²) in [4.78, 5) is 38.2. The number of imidazole rings is 1. The van der Waals surface area contributed by atoms with Gasteiger partial charge in [-0.05, 0) is 6.07 Å². The number of hydrogen-bond acceptors (Lipinski definition) is 8. The number of anilines is 2. The lowest BCUT2D eigenvalue weighted by atomic mass is 9.99. The van der Waals surface area contributed by atoms with Crippen LogP contribution in [0.25, 0.3) is 17.0 Å². The molecule has 5 rings (SSSR count). The van der Waals surface area contributed by atoms with E-state index in [4.69, 9.17) is 0 Å². The zero-order valence-corrected chi connectivity index (χ0v) is 14.0. The van der Waals surface area contributed by atoms with Crippen molar-refractivity contribution in [2.45, 2.75) is 0 Å². The highest BCUT2D eigenvalue weighted by Crippen LogP contribution is 2.25. The van der Waals surface area contributed by atoms with E-state index < -0.39 is 0 Å². The normalized spacial score (nSPS) is 14.3. The summed E-state index contributed by atoms with van der Waals surface area (Å²) in [5.41, 5.74) is 1.13. The van der Waals surface area contributed by atoms with Crippen molar-refractivity contribution in [1.82, 2.24) is 39.7 Å². The zero-order valence-electron chi connectivity index (χ0n) is 14.0. The third-order valence-corrected chi connectivity index (χ3v) is 4.42. The number of aromatic nitrogens is 8. The van der Waals surface area contributed by atoms with Crippen LogP contribution < -0.4 is 10.2 Å². The number of carbonyl (C=O) groups is 1. The molecular weight excluding hydrogens is 348 g/mol. The van der Waals surface area contributed by atoms with Crippen LogP contribution in [0, 0.1) is 5.92 Å². The first-order valence-corrected chi connectivity index (χ1v) is 8.30. The van der Waals surface area contributed by atoms with Crippen LogP contribution in [-0.2, 0) is 4.79 Å². The van der Waals surface area contributed by atoms with Crippen LogP contribution in [0.5, 0.6) is 0 Å². The number of nitrogens with zero attached hydrogens (tertiary/aromatic N) is 8. The van der Waals surface area contributed by atoms with Gasteiger partial charge in [-0.3, -0.25) is 4.79 Å². The maximum absolute atomic E-state index is 12.5. The van der Waals surface area contributed by atoms with Crippen LogP contribution in [0.3, 0.4) is 0 Å². The Kier molecular flexibility index (Phi) is 3.49. The van der Waals surface area contributed by atoms with Gasteiger partial charge in [0.15, 0.2) is 17.3 Å². The monoisotopic (exact) mass is 362 g/mol. The summed E-state index contributed by atoms with van der Waals surface area (Å²) in [5, 5.41) is 7.01. The molecule has 27 heavy (non-hydrogen) atoms. The predicted molar refractivity (Wildman–Crippen MR) is 95.2 cm³/mol. The molecule has 1 saturated heterocycles. The van der Waals surface area contributed by atoms with E-state index in [9.17, 15) is 4.79 Å². The van der Waals surface area contributed by atoms with Crippen LogP contribution in [-0.4, -0.2) is 58.7 Å². The van der Waals surface area contributed by atoms with Gasteiger partial charge >= 0.3 is 0 Å². The van der Waals surface area contributed by atoms with Gasteiger partial charge < -0.3 is 15.2 Å². The lowest BCUT2D eigenvalue weighted by Crippen LogP contribution is -2.52. The van der Waals surface area contributed by atoms with Crippen molar-refractivity contribution in [1.29, 1.82) is 0 Å². The molecule has 4 aromatic rings. The summed E-state index contributed by atoms with van der Waals surface area (Å²) < 4.78 is 1.67. The SMILES string of the molecule is O=C(Nc1ncnc2nc[nH]c12)C1CN(c2cc(-n3cccn3)ncn2)C1. The average Bonchev–Trinajstić information content (AvgIpc) is 3.33. The van der Waals surface area contributed by atoms with Gasteiger partial charge in [-0.15, -0.1) is 0 Å². The molecule has 0 atom stereocenters. The molecular formula is C16H14N10O. The number of nitrogens with one attached hydrogen (secondary N) is 2. The zero-order chi connectivity index (χ0) is 18.2. The van der Waals surface area contributed by atoms with E-state index in [-0.39, 0.29) is 11.8 Å². The van der Waals surface area contributed by atoms with Crippen molar-refractivity contribution in [3.63, 3.8) is 0 Å². The number of H-pyrrole nitrogens is 1. The maximum atomic E-state index is 12.5.